The van der Waals surface area contributed by atoms with Crippen LogP contribution in [0.1, 0.15) is 25.0 Å². The van der Waals surface area contributed by atoms with Crippen molar-refractivity contribution in [2.24, 2.45) is 4.99 Å². The Hall–Kier alpha value is -1.10. The molecular formula is C9H13N3OS. The van der Waals surface area contributed by atoms with E-state index in [9.17, 15) is 4.79 Å². The molecule has 0 spiro atoms. The summed E-state index contributed by atoms with van der Waals surface area (Å²) in [6, 6.07) is 0. The molecule has 4 nitrogen and oxygen atoms in total. The van der Waals surface area contributed by atoms with Gasteiger partial charge in [-0.1, -0.05) is 11.3 Å². The molecule has 14 heavy (non-hydrogen) atoms. The third-order valence-corrected chi connectivity index (χ3v) is 2.90. The summed E-state index contributed by atoms with van der Waals surface area (Å²) in [6.07, 6.45) is 3.45. The Morgan fingerprint density at radius 3 is 3.14 bits per heavy atom. The van der Waals surface area contributed by atoms with Crippen LogP contribution in [-0.2, 0) is 6.54 Å². The van der Waals surface area contributed by atoms with Crippen molar-refractivity contribution in [3.63, 3.8) is 0 Å². The lowest BCUT2D eigenvalue weighted by atomic mass is 10.2. The third kappa shape index (κ3) is 2.45. The lowest BCUT2D eigenvalue weighted by molar-refractivity contribution is 0.703. The maximum atomic E-state index is 10.8. The van der Waals surface area contributed by atoms with E-state index >= 15 is 0 Å². The fourth-order valence-corrected chi connectivity index (χ4v) is 2.02. The number of rotatable bonds is 2. The molecule has 0 unspecified atom stereocenters. The second-order valence-corrected chi connectivity index (χ2v) is 4.15. The van der Waals surface area contributed by atoms with Crippen molar-refractivity contribution in [1.82, 2.24) is 10.3 Å². The minimum Gasteiger partial charge on any atom is -0.368 e. The van der Waals surface area contributed by atoms with Gasteiger partial charge >= 0.3 is 4.87 Å². The van der Waals surface area contributed by atoms with E-state index < -0.39 is 0 Å². The van der Waals surface area contributed by atoms with Gasteiger partial charge in [-0.05, 0) is 12.8 Å². The third-order valence-electron chi connectivity index (χ3n) is 2.18. The van der Waals surface area contributed by atoms with Crippen LogP contribution in [0.4, 0.5) is 0 Å². The summed E-state index contributed by atoms with van der Waals surface area (Å²) in [5, 5.41) is 5.08. The predicted octanol–water partition coefficient (Wildman–Crippen LogP) is 1.11. The molecule has 0 amide bonds. The Morgan fingerprint density at radius 1 is 1.57 bits per heavy atom. The van der Waals surface area contributed by atoms with Gasteiger partial charge < -0.3 is 10.3 Å². The van der Waals surface area contributed by atoms with E-state index in [1.807, 2.05) is 5.38 Å². The number of nitrogens with zero attached hydrogens (tertiary/aromatic N) is 1. The minimum absolute atomic E-state index is 0.00684. The summed E-state index contributed by atoms with van der Waals surface area (Å²) in [6.45, 7) is 1.61. The Bertz CT molecular complexity index is 379. The van der Waals surface area contributed by atoms with E-state index in [4.69, 9.17) is 0 Å². The summed E-state index contributed by atoms with van der Waals surface area (Å²) < 4.78 is 0. The molecule has 0 atom stereocenters. The van der Waals surface area contributed by atoms with E-state index in [-0.39, 0.29) is 4.87 Å². The molecule has 0 bridgehead atoms. The SMILES string of the molecule is O=c1[nH]c(CNC2=NCCCC2)cs1. The van der Waals surface area contributed by atoms with Crippen LogP contribution in [0.5, 0.6) is 0 Å². The molecule has 0 aliphatic carbocycles. The molecule has 5 heteroatoms. The second-order valence-electron chi connectivity index (χ2n) is 3.31. The zero-order chi connectivity index (χ0) is 9.80. The first kappa shape index (κ1) is 9.45. The number of aromatic nitrogens is 1. The van der Waals surface area contributed by atoms with Gasteiger partial charge in [-0.25, -0.2) is 0 Å². The smallest absolute Gasteiger partial charge is 0.304 e. The van der Waals surface area contributed by atoms with E-state index in [1.165, 1.54) is 24.2 Å². The molecular weight excluding hydrogens is 198 g/mol. The molecule has 0 fully saturated rings. The van der Waals surface area contributed by atoms with Gasteiger partial charge in [-0.15, -0.1) is 0 Å². The number of thiazole rings is 1. The van der Waals surface area contributed by atoms with Crippen LogP contribution >= 0.6 is 11.3 Å². The van der Waals surface area contributed by atoms with Gasteiger partial charge in [0.05, 0.1) is 12.4 Å². The van der Waals surface area contributed by atoms with Gasteiger partial charge in [0.25, 0.3) is 0 Å². The predicted molar refractivity (Wildman–Crippen MR) is 57.9 cm³/mol. The molecule has 1 aromatic rings. The highest BCUT2D eigenvalue weighted by Gasteiger charge is 2.04. The van der Waals surface area contributed by atoms with Crippen molar-refractivity contribution >= 4 is 17.2 Å². The molecule has 1 aliphatic heterocycles. The lowest BCUT2D eigenvalue weighted by Crippen LogP contribution is -2.25. The Morgan fingerprint density at radius 2 is 2.50 bits per heavy atom. The van der Waals surface area contributed by atoms with Crippen molar-refractivity contribution in [3.8, 4) is 0 Å². The van der Waals surface area contributed by atoms with Crippen molar-refractivity contribution in [2.75, 3.05) is 6.54 Å². The number of aliphatic imine (C=N–C) groups is 1. The standard InChI is InChI=1S/C9H13N3OS/c13-9-12-7(6-14-9)5-11-8-3-1-2-4-10-8/h6H,1-5H2,(H,10,11)(H,12,13). The number of nitrogens with one attached hydrogen (secondary N) is 2. The molecule has 2 rings (SSSR count). The first-order chi connectivity index (χ1) is 6.84. The summed E-state index contributed by atoms with van der Waals surface area (Å²) in [5.41, 5.74) is 0.938. The second kappa shape index (κ2) is 4.41. The van der Waals surface area contributed by atoms with Crippen molar-refractivity contribution < 1.29 is 0 Å². The quantitative estimate of drug-likeness (QED) is 0.770. The largest absolute Gasteiger partial charge is 0.368 e. The van der Waals surface area contributed by atoms with Crippen molar-refractivity contribution in [1.29, 1.82) is 0 Å². The average molecular weight is 211 g/mol. The van der Waals surface area contributed by atoms with Gasteiger partial charge in [0.1, 0.15) is 0 Å². The van der Waals surface area contributed by atoms with E-state index in [0.717, 1.165) is 24.5 Å². The van der Waals surface area contributed by atoms with Gasteiger partial charge in [0.15, 0.2) is 0 Å². The molecule has 1 aromatic heterocycles. The van der Waals surface area contributed by atoms with E-state index in [2.05, 4.69) is 15.3 Å². The normalized spacial score (nSPS) is 16.4. The van der Waals surface area contributed by atoms with Gasteiger partial charge in [-0.3, -0.25) is 9.79 Å². The summed E-state index contributed by atoms with van der Waals surface area (Å²) in [7, 11) is 0. The molecule has 0 saturated carbocycles. The first-order valence-electron chi connectivity index (χ1n) is 4.78. The zero-order valence-electron chi connectivity index (χ0n) is 7.88. The molecule has 1 aliphatic rings. The lowest BCUT2D eigenvalue weighted by Gasteiger charge is -2.12. The molecule has 0 radical (unpaired) electrons. The molecule has 2 N–H and O–H groups in total. The van der Waals surface area contributed by atoms with Crippen molar-refractivity contribution in [2.45, 2.75) is 25.8 Å². The highest BCUT2D eigenvalue weighted by atomic mass is 32.1. The van der Waals surface area contributed by atoms with Crippen LogP contribution in [0.25, 0.3) is 0 Å². The summed E-state index contributed by atoms with van der Waals surface area (Å²) >= 11 is 1.20. The van der Waals surface area contributed by atoms with Gasteiger partial charge in [-0.2, -0.15) is 0 Å². The monoisotopic (exact) mass is 211 g/mol. The van der Waals surface area contributed by atoms with Crippen LogP contribution < -0.4 is 10.2 Å². The van der Waals surface area contributed by atoms with Crippen LogP contribution in [0.3, 0.4) is 0 Å². The van der Waals surface area contributed by atoms with Crippen LogP contribution in [0.15, 0.2) is 15.2 Å². The van der Waals surface area contributed by atoms with E-state index in [1.54, 1.807) is 0 Å². The maximum absolute atomic E-state index is 10.8. The number of H-pyrrole nitrogens is 1. The van der Waals surface area contributed by atoms with Crippen molar-refractivity contribution in [3.05, 3.63) is 20.7 Å². The number of aromatic amines is 1. The Balaban J connectivity index is 1.87. The highest BCUT2D eigenvalue weighted by Crippen LogP contribution is 2.04. The Kier molecular flexibility index (Phi) is 2.98. The van der Waals surface area contributed by atoms with E-state index in [0.29, 0.717) is 6.54 Å². The summed E-state index contributed by atoms with van der Waals surface area (Å²) in [4.78, 5) is 18.0. The highest BCUT2D eigenvalue weighted by molar-refractivity contribution is 7.07. The molecule has 2 heterocycles. The first-order valence-corrected chi connectivity index (χ1v) is 5.66. The zero-order valence-corrected chi connectivity index (χ0v) is 8.69. The summed E-state index contributed by atoms with van der Waals surface area (Å²) in [5.74, 6) is 1.07. The van der Waals surface area contributed by atoms with Gasteiger partial charge in [0, 0.05) is 24.0 Å². The molecule has 0 saturated heterocycles. The van der Waals surface area contributed by atoms with Crippen LogP contribution in [-0.4, -0.2) is 17.4 Å². The Labute approximate surface area is 86.1 Å². The topological polar surface area (TPSA) is 57.2 Å². The van der Waals surface area contributed by atoms with Crippen LogP contribution in [0, 0.1) is 0 Å². The molecule has 0 aromatic carbocycles. The fourth-order valence-electron chi connectivity index (χ4n) is 1.44. The molecule has 76 valence electrons. The van der Waals surface area contributed by atoms with Crippen LogP contribution in [0.2, 0.25) is 0 Å². The number of hydrogen-bond acceptors (Lipinski definition) is 4. The van der Waals surface area contributed by atoms with Gasteiger partial charge in [0.2, 0.25) is 0 Å². The minimum atomic E-state index is 0.00684. The maximum Gasteiger partial charge on any atom is 0.304 e. The number of hydrogen-bond donors (Lipinski definition) is 2. The number of amidine groups is 1. The average Bonchev–Trinajstić information content (AvgIpc) is 2.63. The fraction of sp³-hybridized carbons (Fsp3) is 0.556.